The minimum Gasteiger partial charge on any atom is -0.356 e. The van der Waals surface area contributed by atoms with Crippen molar-refractivity contribution in [2.45, 2.75) is 36.2 Å². The Kier molecular flexibility index (Phi) is 7.99. The molecule has 9 nitrogen and oxygen atoms in total. The summed E-state index contributed by atoms with van der Waals surface area (Å²) in [6.45, 7) is 2.96. The van der Waals surface area contributed by atoms with Gasteiger partial charge in [0.05, 0.1) is 10.6 Å². The first-order chi connectivity index (χ1) is 16.9. The highest BCUT2D eigenvalue weighted by Gasteiger charge is 2.27. The van der Waals surface area contributed by atoms with Gasteiger partial charge in [-0.1, -0.05) is 42.1 Å². The third-order valence-corrected chi connectivity index (χ3v) is 8.49. The van der Waals surface area contributed by atoms with Gasteiger partial charge in [0, 0.05) is 44.2 Å². The average Bonchev–Trinajstić information content (AvgIpc) is 3.54. The van der Waals surface area contributed by atoms with Crippen LogP contribution in [0, 0.1) is 0 Å². The maximum Gasteiger partial charge on any atom is 0.243 e. The van der Waals surface area contributed by atoms with Crippen molar-refractivity contribution in [3.63, 3.8) is 0 Å². The van der Waals surface area contributed by atoms with E-state index in [0.29, 0.717) is 42.6 Å². The van der Waals surface area contributed by atoms with Gasteiger partial charge in [0.15, 0.2) is 10.9 Å². The number of nitrogens with one attached hydrogen (secondary N) is 1. The summed E-state index contributed by atoms with van der Waals surface area (Å²) in [6, 6.07) is 15.7. The SMILES string of the molecule is CC(=O)NCCc1nnc(SCC(=O)c2ccc(S(=O)(=O)N3CCCC3)cc2)n1-c1ccccc1. The molecule has 0 spiro atoms. The van der Waals surface area contributed by atoms with E-state index in [1.807, 2.05) is 34.9 Å². The lowest BCUT2D eigenvalue weighted by atomic mass is 10.1. The van der Waals surface area contributed by atoms with Gasteiger partial charge in [0.2, 0.25) is 15.9 Å². The maximum atomic E-state index is 12.9. The van der Waals surface area contributed by atoms with Crippen molar-refractivity contribution in [3.05, 3.63) is 66.0 Å². The van der Waals surface area contributed by atoms with Gasteiger partial charge in [0.1, 0.15) is 5.82 Å². The van der Waals surface area contributed by atoms with E-state index < -0.39 is 10.0 Å². The van der Waals surface area contributed by atoms with Crippen LogP contribution >= 0.6 is 11.8 Å². The number of benzene rings is 2. The smallest absolute Gasteiger partial charge is 0.243 e. The molecule has 184 valence electrons. The van der Waals surface area contributed by atoms with Crippen LogP contribution in [-0.4, -0.2) is 64.6 Å². The largest absolute Gasteiger partial charge is 0.356 e. The van der Waals surface area contributed by atoms with Crippen molar-refractivity contribution < 1.29 is 18.0 Å². The topological polar surface area (TPSA) is 114 Å². The summed E-state index contributed by atoms with van der Waals surface area (Å²) in [5.41, 5.74) is 1.30. The first-order valence-electron chi connectivity index (χ1n) is 11.4. The zero-order chi connectivity index (χ0) is 24.8. The second-order valence-electron chi connectivity index (χ2n) is 8.15. The summed E-state index contributed by atoms with van der Waals surface area (Å²) in [4.78, 5) is 24.3. The standard InChI is InChI=1S/C24H27N5O4S2/c1-18(30)25-14-13-23-26-27-24(29(23)20-7-3-2-4-8-20)34-17-22(31)19-9-11-21(12-10-19)35(32,33)28-15-5-6-16-28/h2-4,7-12H,5-6,13-17H2,1H3,(H,25,30). The molecular weight excluding hydrogens is 486 g/mol. The fraction of sp³-hybridized carbons (Fsp3) is 0.333. The van der Waals surface area contributed by atoms with Gasteiger partial charge in [-0.25, -0.2) is 8.42 Å². The normalized spacial score (nSPS) is 14.2. The number of ketones is 1. The van der Waals surface area contributed by atoms with E-state index in [4.69, 9.17) is 0 Å². The van der Waals surface area contributed by atoms with Crippen LogP contribution in [0.25, 0.3) is 5.69 Å². The third-order valence-electron chi connectivity index (χ3n) is 5.65. The number of nitrogens with zero attached hydrogens (tertiary/aromatic N) is 4. The van der Waals surface area contributed by atoms with Gasteiger partial charge in [0.25, 0.3) is 0 Å². The number of para-hydroxylation sites is 1. The predicted molar refractivity (Wildman–Crippen MR) is 133 cm³/mol. The zero-order valence-electron chi connectivity index (χ0n) is 19.4. The zero-order valence-corrected chi connectivity index (χ0v) is 21.0. The van der Waals surface area contributed by atoms with Crippen LogP contribution in [0.3, 0.4) is 0 Å². The molecule has 1 N–H and O–H groups in total. The molecule has 0 saturated carbocycles. The lowest BCUT2D eigenvalue weighted by Crippen LogP contribution is -2.27. The first-order valence-corrected chi connectivity index (χ1v) is 13.8. The number of amides is 1. The molecule has 1 amide bonds. The number of Topliss-reactive ketones (excluding diaryl/α,β-unsaturated/α-hetero) is 1. The van der Waals surface area contributed by atoms with Gasteiger partial charge >= 0.3 is 0 Å². The van der Waals surface area contributed by atoms with Crippen molar-refractivity contribution in [1.82, 2.24) is 24.4 Å². The minimum atomic E-state index is -3.51. The van der Waals surface area contributed by atoms with E-state index in [2.05, 4.69) is 15.5 Å². The van der Waals surface area contributed by atoms with Crippen LogP contribution < -0.4 is 5.32 Å². The van der Waals surface area contributed by atoms with Crippen molar-refractivity contribution in [2.24, 2.45) is 0 Å². The molecule has 0 bridgehead atoms. The Labute approximate surface area is 209 Å². The van der Waals surface area contributed by atoms with Crippen molar-refractivity contribution in [3.8, 4) is 5.69 Å². The molecule has 0 radical (unpaired) electrons. The summed E-state index contributed by atoms with van der Waals surface area (Å²) in [5.74, 6) is 0.545. The second kappa shape index (κ2) is 11.1. The number of hydrogen-bond donors (Lipinski definition) is 1. The van der Waals surface area contributed by atoms with E-state index in [0.717, 1.165) is 18.5 Å². The van der Waals surface area contributed by atoms with Crippen LogP contribution in [0.4, 0.5) is 0 Å². The summed E-state index contributed by atoms with van der Waals surface area (Å²) in [5, 5.41) is 11.9. The Balaban J connectivity index is 1.46. The summed E-state index contributed by atoms with van der Waals surface area (Å²) in [6.07, 6.45) is 2.23. The molecule has 2 aromatic carbocycles. The Morgan fingerprint density at radius 1 is 1.00 bits per heavy atom. The quantitative estimate of drug-likeness (QED) is 0.327. The summed E-state index contributed by atoms with van der Waals surface area (Å²) < 4.78 is 28.8. The predicted octanol–water partition coefficient (Wildman–Crippen LogP) is 2.71. The fourth-order valence-electron chi connectivity index (χ4n) is 3.85. The molecule has 4 rings (SSSR count). The van der Waals surface area contributed by atoms with Gasteiger partial charge in [-0.05, 0) is 37.1 Å². The summed E-state index contributed by atoms with van der Waals surface area (Å²) in [7, 11) is -3.51. The molecule has 1 fully saturated rings. The molecule has 1 aromatic heterocycles. The van der Waals surface area contributed by atoms with Crippen LogP contribution in [0.2, 0.25) is 0 Å². The number of carbonyl (C=O) groups is 2. The van der Waals surface area contributed by atoms with Crippen LogP contribution in [0.1, 0.15) is 35.9 Å². The molecule has 1 saturated heterocycles. The number of carbonyl (C=O) groups excluding carboxylic acids is 2. The van der Waals surface area contributed by atoms with Crippen molar-refractivity contribution in [2.75, 3.05) is 25.4 Å². The van der Waals surface area contributed by atoms with E-state index in [1.54, 1.807) is 12.1 Å². The highest BCUT2D eigenvalue weighted by Crippen LogP contribution is 2.25. The van der Waals surface area contributed by atoms with Gasteiger partial charge in [-0.15, -0.1) is 10.2 Å². The van der Waals surface area contributed by atoms with Gasteiger partial charge in [-0.3, -0.25) is 14.2 Å². The van der Waals surface area contributed by atoms with Crippen LogP contribution in [0.5, 0.6) is 0 Å². The number of sulfonamides is 1. The van der Waals surface area contributed by atoms with Crippen LogP contribution in [-0.2, 0) is 21.2 Å². The number of hydrogen-bond acceptors (Lipinski definition) is 7. The molecule has 2 heterocycles. The molecule has 0 unspecified atom stereocenters. The molecule has 0 aliphatic carbocycles. The maximum absolute atomic E-state index is 12.9. The van der Waals surface area contributed by atoms with E-state index >= 15 is 0 Å². The van der Waals surface area contributed by atoms with Gasteiger partial charge < -0.3 is 5.32 Å². The Bertz CT molecular complexity index is 1290. The molecule has 1 aliphatic heterocycles. The fourth-order valence-corrected chi connectivity index (χ4v) is 6.23. The molecule has 1 aliphatic rings. The first kappa shape index (κ1) is 25.1. The molecule has 0 atom stereocenters. The van der Waals surface area contributed by atoms with Crippen molar-refractivity contribution in [1.29, 1.82) is 0 Å². The van der Waals surface area contributed by atoms with Gasteiger partial charge in [-0.2, -0.15) is 4.31 Å². The van der Waals surface area contributed by atoms with Crippen LogP contribution in [0.15, 0.2) is 64.6 Å². The lowest BCUT2D eigenvalue weighted by Gasteiger charge is -2.15. The Morgan fingerprint density at radius 2 is 1.69 bits per heavy atom. The molecule has 3 aromatic rings. The minimum absolute atomic E-state index is 0.116. The number of thioether (sulfide) groups is 1. The second-order valence-corrected chi connectivity index (χ2v) is 11.0. The molecule has 11 heteroatoms. The highest BCUT2D eigenvalue weighted by atomic mass is 32.2. The molecular formula is C24H27N5O4S2. The third kappa shape index (κ3) is 5.98. The Hall–Kier alpha value is -3.02. The lowest BCUT2D eigenvalue weighted by molar-refractivity contribution is -0.118. The monoisotopic (exact) mass is 513 g/mol. The summed E-state index contributed by atoms with van der Waals surface area (Å²) >= 11 is 1.26. The highest BCUT2D eigenvalue weighted by molar-refractivity contribution is 7.99. The van der Waals surface area contributed by atoms with Crippen molar-refractivity contribution >= 4 is 33.5 Å². The number of rotatable bonds is 10. The Morgan fingerprint density at radius 3 is 2.34 bits per heavy atom. The number of aromatic nitrogens is 3. The van der Waals surface area contributed by atoms with E-state index in [9.17, 15) is 18.0 Å². The van der Waals surface area contributed by atoms with E-state index in [1.165, 1.54) is 35.1 Å². The van der Waals surface area contributed by atoms with E-state index in [-0.39, 0.29) is 22.3 Å². The molecule has 35 heavy (non-hydrogen) atoms. The average molecular weight is 514 g/mol.